The Balaban J connectivity index is 2.15. The third-order valence-corrected chi connectivity index (χ3v) is 8.49. The van der Waals surface area contributed by atoms with Gasteiger partial charge in [0.05, 0.1) is 34.7 Å². The van der Waals surface area contributed by atoms with E-state index in [0.29, 0.717) is 13.0 Å². The van der Waals surface area contributed by atoms with Crippen molar-refractivity contribution in [1.82, 2.24) is 4.90 Å². The largest absolute Gasteiger partial charge is 0.331 e. The minimum atomic E-state index is -4.39. The van der Waals surface area contributed by atoms with Gasteiger partial charge in [-0.2, -0.15) is 5.26 Å². The van der Waals surface area contributed by atoms with Gasteiger partial charge in [-0.15, -0.1) is 0 Å². The van der Waals surface area contributed by atoms with Crippen LogP contribution in [0.2, 0.25) is 0 Å². The summed E-state index contributed by atoms with van der Waals surface area (Å²) < 4.78 is 52.1. The fourth-order valence-electron chi connectivity index (χ4n) is 4.48. The van der Waals surface area contributed by atoms with Gasteiger partial charge in [0, 0.05) is 12.2 Å². The van der Waals surface area contributed by atoms with Crippen molar-refractivity contribution in [2.24, 2.45) is 22.2 Å². The number of amides is 1. The molecular formula is C23H30N4O6S2. The first-order valence-corrected chi connectivity index (χ1v) is 14.6. The lowest BCUT2D eigenvalue weighted by atomic mass is 9.81. The van der Waals surface area contributed by atoms with E-state index in [-0.39, 0.29) is 27.9 Å². The van der Waals surface area contributed by atoms with Crippen LogP contribution in [-0.2, 0) is 29.4 Å². The van der Waals surface area contributed by atoms with E-state index in [9.17, 15) is 31.7 Å². The van der Waals surface area contributed by atoms with Gasteiger partial charge in [0.2, 0.25) is 25.8 Å². The van der Waals surface area contributed by atoms with Crippen molar-refractivity contribution in [3.8, 4) is 6.07 Å². The molecule has 1 saturated heterocycles. The third kappa shape index (κ3) is 5.11. The molecule has 35 heavy (non-hydrogen) atoms. The van der Waals surface area contributed by atoms with E-state index < -0.39 is 54.2 Å². The fraction of sp³-hybridized carbons (Fsp3) is 0.565. The molecule has 2 heterocycles. The molecule has 0 aromatic heterocycles. The topological polar surface area (TPSA) is 154 Å². The van der Waals surface area contributed by atoms with E-state index in [0.717, 1.165) is 12.3 Å². The average molecular weight is 523 g/mol. The van der Waals surface area contributed by atoms with Gasteiger partial charge in [-0.25, -0.2) is 16.8 Å². The highest BCUT2D eigenvalue weighted by atomic mass is 32.2. The zero-order chi connectivity index (χ0) is 26.5. The molecule has 190 valence electrons. The Morgan fingerprint density at radius 3 is 2.37 bits per heavy atom. The normalized spacial score (nSPS) is 24.2. The van der Waals surface area contributed by atoms with E-state index in [1.165, 1.54) is 17.0 Å². The number of nitrogens with one attached hydrogen (secondary N) is 1. The Bertz CT molecular complexity index is 1350. The number of benzene rings is 1. The maximum Gasteiger partial charge on any atom is 0.239 e. The van der Waals surface area contributed by atoms with Gasteiger partial charge in [0.25, 0.3) is 0 Å². The minimum Gasteiger partial charge on any atom is -0.331 e. The van der Waals surface area contributed by atoms with E-state index >= 15 is 0 Å². The molecule has 0 radical (unpaired) electrons. The number of Topliss-reactive ketones (excluding diaryl/α,β-unsaturated/α-hetero) is 1. The van der Waals surface area contributed by atoms with Gasteiger partial charge < -0.3 is 4.90 Å². The van der Waals surface area contributed by atoms with Crippen LogP contribution in [0.5, 0.6) is 0 Å². The summed E-state index contributed by atoms with van der Waals surface area (Å²) in [7, 11) is -8.07. The zero-order valence-corrected chi connectivity index (χ0v) is 22.2. The van der Waals surface area contributed by atoms with Gasteiger partial charge in [-0.05, 0) is 36.0 Å². The second-order valence-corrected chi connectivity index (χ2v) is 14.2. The number of hydrogen-bond acceptors (Lipinski definition) is 8. The van der Waals surface area contributed by atoms with Gasteiger partial charge in [-0.1, -0.05) is 34.6 Å². The number of ketones is 1. The van der Waals surface area contributed by atoms with Crippen LogP contribution in [0.25, 0.3) is 0 Å². The third-order valence-electron chi connectivity index (χ3n) is 5.97. The van der Waals surface area contributed by atoms with Gasteiger partial charge >= 0.3 is 0 Å². The number of carbonyl (C=O) groups excluding carboxylic acids is 2. The van der Waals surface area contributed by atoms with Gasteiger partial charge in [0.1, 0.15) is 5.92 Å². The Morgan fingerprint density at radius 2 is 1.86 bits per heavy atom. The quantitative estimate of drug-likeness (QED) is 0.562. The molecule has 0 aliphatic carbocycles. The van der Waals surface area contributed by atoms with Gasteiger partial charge in [-0.3, -0.25) is 19.3 Å². The average Bonchev–Trinajstić information content (AvgIpc) is 2.95. The highest BCUT2D eigenvalue weighted by Gasteiger charge is 2.56. The Morgan fingerprint density at radius 1 is 1.23 bits per heavy atom. The van der Waals surface area contributed by atoms with Crippen molar-refractivity contribution in [3.05, 3.63) is 18.2 Å². The number of sulfonamides is 1. The van der Waals surface area contributed by atoms with Crippen LogP contribution in [0, 0.1) is 28.6 Å². The van der Waals surface area contributed by atoms with Crippen molar-refractivity contribution in [1.29, 1.82) is 5.26 Å². The summed E-state index contributed by atoms with van der Waals surface area (Å²) in [4.78, 5) is 32.6. The number of nitriles is 1. The predicted molar refractivity (Wildman–Crippen MR) is 131 cm³/mol. The van der Waals surface area contributed by atoms with E-state index in [1.807, 2.05) is 34.6 Å². The number of aliphatic imine (C=N–C) groups is 1. The molecular weight excluding hydrogens is 492 g/mol. The van der Waals surface area contributed by atoms with Crippen LogP contribution in [0.3, 0.4) is 0 Å². The lowest BCUT2D eigenvalue weighted by Gasteiger charge is -2.34. The first kappa shape index (κ1) is 26.8. The number of nitrogens with zero attached hydrogens (tertiary/aromatic N) is 3. The summed E-state index contributed by atoms with van der Waals surface area (Å²) in [5.74, 6) is -2.23. The molecule has 2 unspecified atom stereocenters. The SMILES string of the molecule is CC(C)CCN1C(=O)C(C2=Nc3ccc(NS(C)(=O)=O)cc3S(=O)(=O)C2C#N)C(=O)[C@@H]1C(C)(C)C. The monoisotopic (exact) mass is 522 g/mol. The smallest absolute Gasteiger partial charge is 0.239 e. The predicted octanol–water partition coefficient (Wildman–Crippen LogP) is 2.30. The van der Waals surface area contributed by atoms with E-state index in [2.05, 4.69) is 9.71 Å². The number of sulfone groups is 1. The van der Waals surface area contributed by atoms with Crippen molar-refractivity contribution in [3.63, 3.8) is 0 Å². The van der Waals surface area contributed by atoms with Crippen LogP contribution < -0.4 is 4.72 Å². The summed E-state index contributed by atoms with van der Waals surface area (Å²) in [5, 5.41) is 7.97. The molecule has 1 N–H and O–H groups in total. The molecule has 2 aliphatic rings. The summed E-state index contributed by atoms with van der Waals surface area (Å²) in [5.41, 5.74) is -0.983. The number of carbonyl (C=O) groups is 2. The number of rotatable bonds is 6. The Hall–Kier alpha value is -2.78. The molecule has 0 saturated carbocycles. The summed E-state index contributed by atoms with van der Waals surface area (Å²) >= 11 is 0. The lowest BCUT2D eigenvalue weighted by Crippen LogP contribution is -2.45. The first-order valence-electron chi connectivity index (χ1n) is 11.2. The molecule has 0 spiro atoms. The Labute approximate surface area is 206 Å². The molecule has 1 aromatic carbocycles. The fourth-order valence-corrected chi connectivity index (χ4v) is 6.63. The van der Waals surface area contributed by atoms with Crippen molar-refractivity contribution in [2.75, 3.05) is 17.5 Å². The van der Waals surface area contributed by atoms with Crippen LogP contribution in [0.1, 0.15) is 41.0 Å². The molecule has 1 fully saturated rings. The maximum atomic E-state index is 13.6. The molecule has 0 bridgehead atoms. The number of anilines is 1. The summed E-state index contributed by atoms with van der Waals surface area (Å²) in [6.45, 7) is 9.83. The molecule has 3 rings (SSSR count). The molecule has 2 aliphatic heterocycles. The summed E-state index contributed by atoms with van der Waals surface area (Å²) in [6.07, 6.45) is 1.58. The highest BCUT2D eigenvalue weighted by Crippen LogP contribution is 2.41. The number of hydrogen-bond donors (Lipinski definition) is 1. The van der Waals surface area contributed by atoms with E-state index in [1.54, 1.807) is 6.07 Å². The van der Waals surface area contributed by atoms with Gasteiger partial charge in [0.15, 0.2) is 11.0 Å². The molecule has 10 nitrogen and oxygen atoms in total. The minimum absolute atomic E-state index is 0.00848. The second kappa shape index (κ2) is 9.02. The zero-order valence-electron chi connectivity index (χ0n) is 20.6. The van der Waals surface area contributed by atoms with Crippen LogP contribution in [0.15, 0.2) is 28.1 Å². The molecule has 1 aromatic rings. The van der Waals surface area contributed by atoms with Crippen LogP contribution in [0.4, 0.5) is 11.4 Å². The van der Waals surface area contributed by atoms with Crippen molar-refractivity contribution >= 4 is 48.6 Å². The highest BCUT2D eigenvalue weighted by molar-refractivity contribution is 7.93. The number of likely N-dealkylation sites (tertiary alicyclic amines) is 1. The first-order chi connectivity index (χ1) is 16.0. The lowest BCUT2D eigenvalue weighted by molar-refractivity contribution is -0.131. The standard InChI is InChI=1S/C23H30N4O6S2/c1-13(2)9-10-27-21(23(3,4)5)20(28)18(22(27)29)19-17(12-24)35(32,33)16-11-14(26-34(6,30)31)7-8-15(16)25-19/h7-8,11,13,17-18,21,26H,9-10H2,1-6H3/t17?,18?,21-/m1/s1. The summed E-state index contributed by atoms with van der Waals surface area (Å²) in [6, 6.07) is 4.62. The van der Waals surface area contributed by atoms with Crippen LogP contribution >= 0.6 is 0 Å². The molecule has 3 atom stereocenters. The van der Waals surface area contributed by atoms with Crippen LogP contribution in [-0.4, -0.2) is 63.2 Å². The second-order valence-electron chi connectivity index (χ2n) is 10.5. The molecule has 12 heteroatoms. The Kier molecular flexibility index (Phi) is 6.91. The maximum absolute atomic E-state index is 13.6. The molecule has 1 amide bonds. The van der Waals surface area contributed by atoms with Crippen molar-refractivity contribution in [2.45, 2.75) is 57.2 Å². The van der Waals surface area contributed by atoms with Crippen molar-refractivity contribution < 1.29 is 26.4 Å². The van der Waals surface area contributed by atoms with E-state index in [4.69, 9.17) is 0 Å². The number of fused-ring (bicyclic) bond motifs is 1.